The molecule has 106 valence electrons. The van der Waals surface area contributed by atoms with Crippen molar-refractivity contribution >= 4 is 15.9 Å². The molecule has 1 rings (SSSR count). The van der Waals surface area contributed by atoms with Crippen molar-refractivity contribution < 1.29 is 18.4 Å². The van der Waals surface area contributed by atoms with Crippen molar-refractivity contribution in [1.82, 2.24) is 4.31 Å². The maximum absolute atomic E-state index is 12.3. The van der Waals surface area contributed by atoms with Crippen molar-refractivity contribution in [2.45, 2.75) is 37.5 Å². The maximum Gasteiger partial charge on any atom is 0.217 e. The fourth-order valence-electron chi connectivity index (χ4n) is 1.93. The third kappa shape index (κ3) is 3.56. The Hall–Kier alpha value is -0.860. The quantitative estimate of drug-likeness (QED) is 0.318. The van der Waals surface area contributed by atoms with Gasteiger partial charge in [-0.3, -0.25) is 0 Å². The molecule has 3 N–H and O–H groups in total. The smallest absolute Gasteiger partial charge is 0.217 e. The lowest BCUT2D eigenvalue weighted by Gasteiger charge is -2.30. The first-order valence-corrected chi connectivity index (χ1v) is 7.41. The van der Waals surface area contributed by atoms with Crippen LogP contribution in [-0.4, -0.2) is 55.3 Å². The van der Waals surface area contributed by atoms with Crippen molar-refractivity contribution in [3.05, 3.63) is 0 Å². The highest BCUT2D eigenvalue weighted by molar-refractivity contribution is 7.89. The molecular formula is C10H21N3O4S. The molecule has 0 spiro atoms. The lowest BCUT2D eigenvalue weighted by molar-refractivity contribution is 0.0971. The van der Waals surface area contributed by atoms with Gasteiger partial charge in [0.25, 0.3) is 0 Å². The molecule has 7 nitrogen and oxygen atoms in total. The summed E-state index contributed by atoms with van der Waals surface area (Å²) < 4.78 is 31.1. The van der Waals surface area contributed by atoms with Crippen LogP contribution in [0, 0.1) is 0 Å². The van der Waals surface area contributed by atoms with Gasteiger partial charge >= 0.3 is 0 Å². The summed E-state index contributed by atoms with van der Waals surface area (Å²) in [6.45, 7) is 2.69. The normalized spacial score (nSPS) is 21.2. The number of rotatable bonds is 5. The van der Waals surface area contributed by atoms with Gasteiger partial charge in [-0.2, -0.15) is 0 Å². The molecule has 8 heteroatoms. The van der Waals surface area contributed by atoms with Crippen LogP contribution in [0.4, 0.5) is 0 Å². The first kappa shape index (κ1) is 15.2. The number of ether oxygens (including phenoxy) is 1. The van der Waals surface area contributed by atoms with Crippen LogP contribution in [0.3, 0.4) is 0 Å². The summed E-state index contributed by atoms with van der Waals surface area (Å²) >= 11 is 0. The Balaban J connectivity index is 2.71. The van der Waals surface area contributed by atoms with Gasteiger partial charge in [0.2, 0.25) is 10.0 Å². The highest BCUT2D eigenvalue weighted by Crippen LogP contribution is 2.21. The van der Waals surface area contributed by atoms with Crippen molar-refractivity contribution in [2.75, 3.05) is 20.3 Å². The molecule has 0 radical (unpaired) electrons. The van der Waals surface area contributed by atoms with Crippen LogP contribution in [0.15, 0.2) is 5.16 Å². The minimum atomic E-state index is -3.35. The average Bonchev–Trinajstić information content (AvgIpc) is 2.38. The predicted octanol–water partition coefficient (Wildman–Crippen LogP) is -0.0480. The summed E-state index contributed by atoms with van der Waals surface area (Å²) in [5, 5.41) is 11.0. The second-order valence-electron chi connectivity index (χ2n) is 4.52. The molecule has 1 atom stereocenters. The topological polar surface area (TPSA) is 105 Å². The van der Waals surface area contributed by atoms with E-state index in [-0.39, 0.29) is 18.3 Å². The Labute approximate surface area is 108 Å². The van der Waals surface area contributed by atoms with Crippen LogP contribution in [-0.2, 0) is 14.8 Å². The second-order valence-corrected chi connectivity index (χ2v) is 6.79. The standard InChI is InChI=1S/C10H21N3O4S/c1-8(7-10(11)12-14)13(2)18(15,16)9-3-5-17-6-4-9/h8-9,14H,3-7H2,1-2H3,(H2,11,12). The third-order valence-corrected chi connectivity index (χ3v) is 5.72. The van der Waals surface area contributed by atoms with Crippen LogP contribution in [0.25, 0.3) is 0 Å². The van der Waals surface area contributed by atoms with Crippen LogP contribution in [0.1, 0.15) is 26.2 Å². The van der Waals surface area contributed by atoms with Crippen LogP contribution in [0.5, 0.6) is 0 Å². The lowest BCUT2D eigenvalue weighted by Crippen LogP contribution is -2.44. The van der Waals surface area contributed by atoms with E-state index in [1.807, 2.05) is 0 Å². The zero-order valence-corrected chi connectivity index (χ0v) is 11.6. The Bertz CT molecular complexity index is 390. The van der Waals surface area contributed by atoms with Crippen molar-refractivity contribution in [3.63, 3.8) is 0 Å². The van der Waals surface area contributed by atoms with E-state index in [0.29, 0.717) is 26.1 Å². The molecule has 0 aromatic heterocycles. The molecule has 1 unspecified atom stereocenters. The fraction of sp³-hybridized carbons (Fsp3) is 0.900. The van der Waals surface area contributed by atoms with E-state index in [1.54, 1.807) is 6.92 Å². The Kier molecular flexibility index (Phi) is 5.36. The molecule has 1 aliphatic heterocycles. The van der Waals surface area contributed by atoms with E-state index in [9.17, 15) is 8.42 Å². The first-order valence-electron chi connectivity index (χ1n) is 5.90. The Morgan fingerprint density at radius 3 is 2.61 bits per heavy atom. The van der Waals surface area contributed by atoms with E-state index >= 15 is 0 Å². The van der Waals surface area contributed by atoms with Gasteiger partial charge in [0.15, 0.2) is 0 Å². The summed E-state index contributed by atoms with van der Waals surface area (Å²) in [5.41, 5.74) is 5.39. The van der Waals surface area contributed by atoms with Crippen LogP contribution >= 0.6 is 0 Å². The molecular weight excluding hydrogens is 258 g/mol. The molecule has 0 saturated carbocycles. The van der Waals surface area contributed by atoms with E-state index in [4.69, 9.17) is 15.7 Å². The zero-order valence-electron chi connectivity index (χ0n) is 10.7. The van der Waals surface area contributed by atoms with Crippen LogP contribution < -0.4 is 5.73 Å². The summed E-state index contributed by atoms with van der Waals surface area (Å²) in [4.78, 5) is 0. The van der Waals surface area contributed by atoms with Gasteiger partial charge in [-0.15, -0.1) is 0 Å². The molecule has 0 amide bonds. The monoisotopic (exact) mass is 279 g/mol. The third-order valence-electron chi connectivity index (χ3n) is 3.24. The Morgan fingerprint density at radius 2 is 2.11 bits per heavy atom. The first-order chi connectivity index (χ1) is 8.39. The highest BCUT2D eigenvalue weighted by Gasteiger charge is 2.33. The summed E-state index contributed by atoms with van der Waals surface area (Å²) in [6, 6.07) is -0.339. The minimum Gasteiger partial charge on any atom is -0.409 e. The molecule has 1 saturated heterocycles. The predicted molar refractivity (Wildman–Crippen MR) is 68.0 cm³/mol. The molecule has 0 bridgehead atoms. The maximum atomic E-state index is 12.3. The molecule has 1 heterocycles. The molecule has 0 aliphatic carbocycles. The molecule has 0 aromatic rings. The fourth-order valence-corrected chi connectivity index (χ4v) is 3.77. The van der Waals surface area contributed by atoms with Gasteiger partial charge in [-0.05, 0) is 19.8 Å². The van der Waals surface area contributed by atoms with Crippen LogP contribution in [0.2, 0.25) is 0 Å². The Morgan fingerprint density at radius 1 is 1.56 bits per heavy atom. The van der Waals surface area contributed by atoms with Crippen molar-refractivity contribution in [1.29, 1.82) is 0 Å². The highest BCUT2D eigenvalue weighted by atomic mass is 32.2. The SMILES string of the molecule is CC(CC(N)=NO)N(C)S(=O)(=O)C1CCOCC1. The summed E-state index contributed by atoms with van der Waals surface area (Å²) in [5.74, 6) is 0.0246. The number of nitrogens with zero attached hydrogens (tertiary/aromatic N) is 2. The van der Waals surface area contributed by atoms with E-state index in [1.165, 1.54) is 11.4 Å². The van der Waals surface area contributed by atoms with Gasteiger partial charge in [-0.1, -0.05) is 5.16 Å². The summed E-state index contributed by atoms with van der Waals surface area (Å²) in [7, 11) is -1.83. The molecule has 1 fully saturated rings. The van der Waals surface area contributed by atoms with Gasteiger partial charge in [0, 0.05) is 32.7 Å². The lowest BCUT2D eigenvalue weighted by atomic mass is 10.2. The van der Waals surface area contributed by atoms with Gasteiger partial charge in [0.1, 0.15) is 5.84 Å². The summed E-state index contributed by atoms with van der Waals surface area (Å²) in [6.07, 6.45) is 1.24. The van der Waals surface area contributed by atoms with Crippen molar-refractivity contribution in [3.8, 4) is 0 Å². The number of nitrogens with two attached hydrogens (primary N) is 1. The van der Waals surface area contributed by atoms with Gasteiger partial charge in [-0.25, -0.2) is 12.7 Å². The van der Waals surface area contributed by atoms with E-state index in [0.717, 1.165) is 0 Å². The van der Waals surface area contributed by atoms with Crippen molar-refractivity contribution in [2.24, 2.45) is 10.9 Å². The molecule has 0 aromatic carbocycles. The minimum absolute atomic E-state index is 0.0246. The largest absolute Gasteiger partial charge is 0.409 e. The number of oxime groups is 1. The molecule has 18 heavy (non-hydrogen) atoms. The number of hydrogen-bond donors (Lipinski definition) is 2. The van der Waals surface area contributed by atoms with E-state index in [2.05, 4.69) is 5.16 Å². The number of amidine groups is 1. The van der Waals surface area contributed by atoms with Gasteiger partial charge < -0.3 is 15.7 Å². The molecule has 1 aliphatic rings. The average molecular weight is 279 g/mol. The number of hydrogen-bond acceptors (Lipinski definition) is 5. The zero-order chi connectivity index (χ0) is 13.8. The van der Waals surface area contributed by atoms with Gasteiger partial charge in [0.05, 0.1) is 5.25 Å². The second kappa shape index (κ2) is 6.35. The van der Waals surface area contributed by atoms with E-state index < -0.39 is 15.3 Å². The number of sulfonamides is 1.